The van der Waals surface area contributed by atoms with Gasteiger partial charge in [-0.05, 0) is 73.3 Å². The highest BCUT2D eigenvalue weighted by Crippen LogP contribution is 2.65. The predicted molar refractivity (Wildman–Crippen MR) is 116 cm³/mol. The molecular weight excluding hydrogens is 324 g/mol. The van der Waals surface area contributed by atoms with Crippen LogP contribution in [0, 0.1) is 36.5 Å². The topological polar surface area (TPSA) is 0 Å². The van der Waals surface area contributed by atoms with Gasteiger partial charge >= 0.3 is 0 Å². The van der Waals surface area contributed by atoms with E-state index in [2.05, 4.69) is 90.1 Å². The minimum atomic E-state index is 0.167. The van der Waals surface area contributed by atoms with Crippen molar-refractivity contribution in [1.29, 1.82) is 0 Å². The molecule has 0 amide bonds. The van der Waals surface area contributed by atoms with Crippen molar-refractivity contribution < 1.29 is 0 Å². The monoisotopic (exact) mass is 360 g/mol. The molecule has 0 radical (unpaired) electrons. The van der Waals surface area contributed by atoms with Crippen molar-refractivity contribution >= 4 is 0 Å². The summed E-state index contributed by atoms with van der Waals surface area (Å²) in [5.41, 5.74) is 6.82. The van der Waals surface area contributed by atoms with Gasteiger partial charge in [0.1, 0.15) is 0 Å². The SMILES string of the molecule is Cc1ccc(C2(c3ccc(C)cc3)CCC3C(C2)C(C)(C)CC3(C)C)cc1. The van der Waals surface area contributed by atoms with Crippen LogP contribution >= 0.6 is 0 Å². The van der Waals surface area contributed by atoms with Gasteiger partial charge in [0.15, 0.2) is 0 Å². The average molecular weight is 361 g/mol. The van der Waals surface area contributed by atoms with Gasteiger partial charge in [-0.15, -0.1) is 0 Å². The summed E-state index contributed by atoms with van der Waals surface area (Å²) < 4.78 is 0. The summed E-state index contributed by atoms with van der Waals surface area (Å²) in [5, 5.41) is 0. The third kappa shape index (κ3) is 3.06. The first-order valence-electron chi connectivity index (χ1n) is 10.8. The number of hydrogen-bond donors (Lipinski definition) is 0. The van der Waals surface area contributed by atoms with E-state index in [1.807, 2.05) is 0 Å². The molecule has 144 valence electrons. The van der Waals surface area contributed by atoms with Crippen molar-refractivity contribution in [1.82, 2.24) is 0 Å². The molecule has 0 heteroatoms. The molecule has 2 unspecified atom stereocenters. The van der Waals surface area contributed by atoms with Crippen LogP contribution in [0.5, 0.6) is 0 Å². The lowest BCUT2D eigenvalue weighted by Gasteiger charge is -2.48. The van der Waals surface area contributed by atoms with E-state index in [0.717, 1.165) is 11.8 Å². The van der Waals surface area contributed by atoms with E-state index < -0.39 is 0 Å². The van der Waals surface area contributed by atoms with Gasteiger partial charge in [0, 0.05) is 5.41 Å². The molecule has 2 saturated carbocycles. The van der Waals surface area contributed by atoms with Crippen molar-refractivity contribution in [2.45, 2.75) is 72.6 Å². The first-order chi connectivity index (χ1) is 12.6. The van der Waals surface area contributed by atoms with E-state index in [9.17, 15) is 0 Å². The third-order valence-electron chi connectivity index (χ3n) is 8.06. The Balaban J connectivity index is 1.83. The summed E-state index contributed by atoms with van der Waals surface area (Å²) in [6, 6.07) is 18.8. The average Bonchev–Trinajstić information content (AvgIpc) is 2.80. The Labute approximate surface area is 166 Å². The molecule has 0 heterocycles. The zero-order valence-corrected chi connectivity index (χ0v) is 18.1. The van der Waals surface area contributed by atoms with Crippen LogP contribution in [0.1, 0.15) is 75.6 Å². The number of benzene rings is 2. The zero-order valence-electron chi connectivity index (χ0n) is 18.1. The first-order valence-corrected chi connectivity index (χ1v) is 10.8. The van der Waals surface area contributed by atoms with Crippen molar-refractivity contribution in [2.24, 2.45) is 22.7 Å². The van der Waals surface area contributed by atoms with Gasteiger partial charge in [-0.1, -0.05) is 87.4 Å². The lowest BCUT2D eigenvalue weighted by molar-refractivity contribution is 0.0953. The quantitative estimate of drug-likeness (QED) is 0.521. The van der Waals surface area contributed by atoms with Crippen LogP contribution in [0.2, 0.25) is 0 Å². The summed E-state index contributed by atoms with van der Waals surface area (Å²) in [5.74, 6) is 1.65. The molecule has 27 heavy (non-hydrogen) atoms. The van der Waals surface area contributed by atoms with Gasteiger partial charge < -0.3 is 0 Å². The normalized spacial score (nSPS) is 27.9. The van der Waals surface area contributed by atoms with E-state index in [1.54, 1.807) is 0 Å². The highest BCUT2D eigenvalue weighted by molar-refractivity contribution is 5.42. The standard InChI is InChI=1S/C27H36/c1-19-7-11-21(12-8-19)27(22-13-9-20(2)10-14-22)16-15-23-24(17-27)26(5,6)18-25(23,3)4/h7-14,23-24H,15-18H2,1-6H3. The smallest absolute Gasteiger partial charge is 0.0206 e. The van der Waals surface area contributed by atoms with E-state index in [0.29, 0.717) is 10.8 Å². The lowest BCUT2D eigenvalue weighted by Crippen LogP contribution is -2.41. The van der Waals surface area contributed by atoms with Gasteiger partial charge in [0.2, 0.25) is 0 Å². The van der Waals surface area contributed by atoms with E-state index in [1.165, 1.54) is 47.9 Å². The fourth-order valence-electron chi connectivity index (χ4n) is 6.85. The molecule has 2 atom stereocenters. The van der Waals surface area contributed by atoms with Crippen LogP contribution in [0.25, 0.3) is 0 Å². The third-order valence-corrected chi connectivity index (χ3v) is 8.06. The Morgan fingerprint density at radius 3 is 1.59 bits per heavy atom. The highest BCUT2D eigenvalue weighted by atomic mass is 14.6. The summed E-state index contributed by atoms with van der Waals surface area (Å²) in [7, 11) is 0. The second-order valence-corrected chi connectivity index (χ2v) is 10.9. The van der Waals surface area contributed by atoms with E-state index >= 15 is 0 Å². The summed E-state index contributed by atoms with van der Waals surface area (Å²) in [6.45, 7) is 14.5. The molecule has 4 rings (SSSR count). The maximum atomic E-state index is 2.53. The number of fused-ring (bicyclic) bond motifs is 1. The Morgan fingerprint density at radius 1 is 0.667 bits per heavy atom. The van der Waals surface area contributed by atoms with Crippen LogP contribution in [0.3, 0.4) is 0 Å². The maximum absolute atomic E-state index is 2.53. The van der Waals surface area contributed by atoms with Crippen LogP contribution in [-0.2, 0) is 5.41 Å². The fraction of sp³-hybridized carbons (Fsp3) is 0.556. The molecule has 0 N–H and O–H groups in total. The van der Waals surface area contributed by atoms with Crippen LogP contribution in [-0.4, -0.2) is 0 Å². The van der Waals surface area contributed by atoms with Gasteiger partial charge in [-0.25, -0.2) is 0 Å². The van der Waals surface area contributed by atoms with Crippen LogP contribution in [0.15, 0.2) is 48.5 Å². The summed E-state index contributed by atoms with van der Waals surface area (Å²) >= 11 is 0. The second-order valence-electron chi connectivity index (χ2n) is 10.9. The van der Waals surface area contributed by atoms with Crippen LogP contribution < -0.4 is 0 Å². The number of aryl methyl sites for hydroxylation is 2. The van der Waals surface area contributed by atoms with E-state index in [-0.39, 0.29) is 5.41 Å². The highest BCUT2D eigenvalue weighted by Gasteiger charge is 2.57. The van der Waals surface area contributed by atoms with Crippen LogP contribution in [0.4, 0.5) is 0 Å². The summed E-state index contributed by atoms with van der Waals surface area (Å²) in [4.78, 5) is 0. The molecule has 0 spiro atoms. The molecule has 2 aromatic rings. The van der Waals surface area contributed by atoms with Gasteiger partial charge in [0.25, 0.3) is 0 Å². The molecule has 0 bridgehead atoms. The largest absolute Gasteiger partial charge is 0.0596 e. The minimum absolute atomic E-state index is 0.167. The Morgan fingerprint density at radius 2 is 1.11 bits per heavy atom. The molecule has 0 aromatic heterocycles. The number of hydrogen-bond acceptors (Lipinski definition) is 0. The Hall–Kier alpha value is -1.56. The molecule has 0 aliphatic heterocycles. The van der Waals surface area contributed by atoms with Crippen molar-refractivity contribution in [3.63, 3.8) is 0 Å². The van der Waals surface area contributed by atoms with Gasteiger partial charge in [-0.3, -0.25) is 0 Å². The second kappa shape index (κ2) is 6.23. The number of rotatable bonds is 2. The molecule has 2 aromatic carbocycles. The predicted octanol–water partition coefficient (Wildman–Crippen LogP) is 7.46. The fourth-order valence-corrected chi connectivity index (χ4v) is 6.85. The lowest BCUT2D eigenvalue weighted by atomic mass is 9.56. The minimum Gasteiger partial charge on any atom is -0.0596 e. The Kier molecular flexibility index (Phi) is 4.33. The first kappa shape index (κ1) is 18.8. The summed E-state index contributed by atoms with van der Waals surface area (Å²) in [6.07, 6.45) is 5.27. The van der Waals surface area contributed by atoms with Gasteiger partial charge in [-0.2, -0.15) is 0 Å². The molecule has 2 fully saturated rings. The molecule has 2 aliphatic carbocycles. The molecule has 2 aliphatic rings. The van der Waals surface area contributed by atoms with Gasteiger partial charge in [0.05, 0.1) is 0 Å². The van der Waals surface area contributed by atoms with E-state index in [4.69, 9.17) is 0 Å². The maximum Gasteiger partial charge on any atom is 0.0206 e. The van der Waals surface area contributed by atoms with Crippen molar-refractivity contribution in [2.75, 3.05) is 0 Å². The molecule has 0 nitrogen and oxygen atoms in total. The molecular formula is C27H36. The molecule has 0 saturated heterocycles. The Bertz CT molecular complexity index is 759. The zero-order chi connectivity index (χ0) is 19.4. The van der Waals surface area contributed by atoms with Crippen molar-refractivity contribution in [3.05, 3.63) is 70.8 Å². The van der Waals surface area contributed by atoms with Crippen molar-refractivity contribution in [3.8, 4) is 0 Å².